The maximum absolute atomic E-state index is 12.0. The van der Waals surface area contributed by atoms with Gasteiger partial charge in [-0.3, -0.25) is 4.90 Å². The number of urea groups is 1. The molecule has 0 aliphatic carbocycles. The van der Waals surface area contributed by atoms with Gasteiger partial charge in [-0.2, -0.15) is 0 Å². The molecule has 0 saturated carbocycles. The van der Waals surface area contributed by atoms with Gasteiger partial charge in [0.25, 0.3) is 0 Å². The van der Waals surface area contributed by atoms with Crippen LogP contribution in [-0.2, 0) is 4.79 Å². The van der Waals surface area contributed by atoms with Crippen molar-refractivity contribution in [2.45, 2.75) is 63.6 Å². The second kappa shape index (κ2) is 6.92. The molecular formula is C14H25N3O3. The zero-order valence-corrected chi connectivity index (χ0v) is 12.1. The monoisotopic (exact) mass is 283 g/mol. The number of carbonyl (C=O) groups excluding carboxylic acids is 1. The Morgan fingerprint density at radius 2 is 2.10 bits per heavy atom. The van der Waals surface area contributed by atoms with Gasteiger partial charge in [-0.1, -0.05) is 19.8 Å². The summed E-state index contributed by atoms with van der Waals surface area (Å²) in [6, 6.07) is -0.539. The molecule has 20 heavy (non-hydrogen) atoms. The Hall–Kier alpha value is -1.30. The molecule has 6 heteroatoms. The molecule has 2 fully saturated rings. The van der Waals surface area contributed by atoms with Gasteiger partial charge in [0.15, 0.2) is 0 Å². The molecule has 3 atom stereocenters. The zero-order chi connectivity index (χ0) is 14.5. The number of hydrogen-bond acceptors (Lipinski definition) is 3. The molecule has 0 aromatic heterocycles. The number of piperidine rings is 1. The third kappa shape index (κ3) is 3.62. The average Bonchev–Trinajstić information content (AvgIpc) is 2.81. The Labute approximate surface area is 119 Å². The van der Waals surface area contributed by atoms with Crippen molar-refractivity contribution in [2.24, 2.45) is 0 Å². The van der Waals surface area contributed by atoms with Gasteiger partial charge < -0.3 is 15.7 Å². The third-order valence-corrected chi connectivity index (χ3v) is 4.35. The molecule has 2 aliphatic heterocycles. The van der Waals surface area contributed by atoms with Gasteiger partial charge in [0.2, 0.25) is 0 Å². The topological polar surface area (TPSA) is 81.7 Å². The number of hydrogen-bond donors (Lipinski definition) is 3. The smallest absolute Gasteiger partial charge is 0.326 e. The van der Waals surface area contributed by atoms with E-state index >= 15 is 0 Å². The van der Waals surface area contributed by atoms with E-state index in [4.69, 9.17) is 5.11 Å². The molecule has 0 aromatic carbocycles. The van der Waals surface area contributed by atoms with Crippen LogP contribution in [-0.4, -0.2) is 53.2 Å². The van der Waals surface area contributed by atoms with Crippen molar-refractivity contribution in [3.63, 3.8) is 0 Å². The number of carboxylic acids is 1. The highest BCUT2D eigenvalue weighted by Gasteiger charge is 2.36. The lowest BCUT2D eigenvalue weighted by Gasteiger charge is -2.32. The van der Waals surface area contributed by atoms with Gasteiger partial charge in [0.1, 0.15) is 6.04 Å². The number of carbonyl (C=O) groups is 2. The van der Waals surface area contributed by atoms with E-state index in [0.717, 1.165) is 32.4 Å². The largest absolute Gasteiger partial charge is 0.480 e. The van der Waals surface area contributed by atoms with Crippen LogP contribution in [0, 0.1) is 0 Å². The summed E-state index contributed by atoms with van der Waals surface area (Å²) < 4.78 is 0. The van der Waals surface area contributed by atoms with Crippen LogP contribution in [0.15, 0.2) is 0 Å². The zero-order valence-electron chi connectivity index (χ0n) is 12.1. The first kappa shape index (κ1) is 15.1. The summed E-state index contributed by atoms with van der Waals surface area (Å²) in [7, 11) is 0. The molecular weight excluding hydrogens is 258 g/mol. The van der Waals surface area contributed by atoms with Crippen LogP contribution in [0.5, 0.6) is 0 Å². The number of nitrogens with zero attached hydrogens (tertiary/aromatic N) is 1. The summed E-state index contributed by atoms with van der Waals surface area (Å²) in [5.74, 6) is -0.965. The maximum atomic E-state index is 12.0. The lowest BCUT2D eigenvalue weighted by Crippen LogP contribution is -2.52. The van der Waals surface area contributed by atoms with Crippen LogP contribution in [0.1, 0.15) is 45.4 Å². The Morgan fingerprint density at radius 1 is 1.30 bits per heavy atom. The van der Waals surface area contributed by atoms with Crippen molar-refractivity contribution in [1.82, 2.24) is 15.5 Å². The van der Waals surface area contributed by atoms with Crippen molar-refractivity contribution >= 4 is 12.0 Å². The van der Waals surface area contributed by atoms with E-state index in [2.05, 4.69) is 15.5 Å². The first-order valence-electron chi connectivity index (χ1n) is 7.65. The van der Waals surface area contributed by atoms with Gasteiger partial charge in [-0.05, 0) is 32.2 Å². The van der Waals surface area contributed by atoms with Crippen molar-refractivity contribution < 1.29 is 14.7 Å². The number of amides is 2. The Morgan fingerprint density at radius 3 is 2.80 bits per heavy atom. The van der Waals surface area contributed by atoms with Crippen molar-refractivity contribution in [3.05, 3.63) is 0 Å². The van der Waals surface area contributed by atoms with Crippen LogP contribution >= 0.6 is 0 Å². The Bertz CT molecular complexity index is 362. The highest BCUT2D eigenvalue weighted by atomic mass is 16.4. The second-order valence-electron chi connectivity index (χ2n) is 5.79. The summed E-state index contributed by atoms with van der Waals surface area (Å²) in [6.07, 6.45) is 5.74. The van der Waals surface area contributed by atoms with Crippen LogP contribution in [0.25, 0.3) is 0 Å². The molecule has 6 nitrogen and oxygen atoms in total. The highest BCUT2D eigenvalue weighted by molar-refractivity contribution is 5.82. The summed E-state index contributed by atoms with van der Waals surface area (Å²) in [6.45, 7) is 4.07. The molecule has 2 heterocycles. The van der Waals surface area contributed by atoms with Crippen LogP contribution in [0.2, 0.25) is 0 Å². The number of carboxylic acid groups (broad SMARTS) is 1. The fourth-order valence-electron chi connectivity index (χ4n) is 3.33. The van der Waals surface area contributed by atoms with E-state index in [1.165, 1.54) is 12.8 Å². The molecule has 2 unspecified atom stereocenters. The molecule has 0 spiro atoms. The maximum Gasteiger partial charge on any atom is 0.326 e. The van der Waals surface area contributed by atoms with Crippen LogP contribution in [0.4, 0.5) is 4.79 Å². The number of rotatable bonds is 5. The predicted molar refractivity (Wildman–Crippen MR) is 75.6 cm³/mol. The van der Waals surface area contributed by atoms with Gasteiger partial charge in [0.05, 0.1) is 0 Å². The first-order chi connectivity index (χ1) is 9.61. The Balaban J connectivity index is 1.83. The van der Waals surface area contributed by atoms with E-state index in [0.29, 0.717) is 12.5 Å². The van der Waals surface area contributed by atoms with Crippen molar-refractivity contribution in [2.75, 3.05) is 13.1 Å². The molecule has 2 amide bonds. The first-order valence-corrected chi connectivity index (χ1v) is 7.65. The summed E-state index contributed by atoms with van der Waals surface area (Å²) in [5, 5.41) is 14.6. The second-order valence-corrected chi connectivity index (χ2v) is 5.79. The molecule has 2 saturated heterocycles. The van der Waals surface area contributed by atoms with E-state index in [1.54, 1.807) is 0 Å². The highest BCUT2D eigenvalue weighted by Crippen LogP contribution is 2.26. The van der Waals surface area contributed by atoms with Gasteiger partial charge in [0, 0.05) is 18.6 Å². The fraction of sp³-hybridized carbons (Fsp3) is 0.857. The van der Waals surface area contributed by atoms with Gasteiger partial charge in [-0.15, -0.1) is 0 Å². The van der Waals surface area contributed by atoms with Gasteiger partial charge in [-0.25, -0.2) is 9.59 Å². The molecule has 0 aromatic rings. The Kier molecular flexibility index (Phi) is 5.23. The number of fused-ring (bicyclic) bond motifs is 1. The molecule has 2 rings (SSSR count). The average molecular weight is 283 g/mol. The van der Waals surface area contributed by atoms with Crippen LogP contribution in [0.3, 0.4) is 0 Å². The number of aliphatic carboxylic acids is 1. The van der Waals surface area contributed by atoms with Gasteiger partial charge >= 0.3 is 12.0 Å². The minimum absolute atomic E-state index is 0.159. The van der Waals surface area contributed by atoms with E-state index < -0.39 is 12.0 Å². The summed E-state index contributed by atoms with van der Waals surface area (Å²) in [5.41, 5.74) is 0. The summed E-state index contributed by atoms with van der Waals surface area (Å²) >= 11 is 0. The summed E-state index contributed by atoms with van der Waals surface area (Å²) in [4.78, 5) is 25.4. The molecule has 2 aliphatic rings. The minimum Gasteiger partial charge on any atom is -0.480 e. The van der Waals surface area contributed by atoms with E-state index in [1.807, 2.05) is 6.92 Å². The molecule has 0 radical (unpaired) electrons. The molecule has 114 valence electrons. The van der Waals surface area contributed by atoms with Crippen LogP contribution < -0.4 is 10.6 Å². The quantitative estimate of drug-likeness (QED) is 0.707. The molecule has 0 bridgehead atoms. The normalized spacial score (nSPS) is 27.6. The standard InChI is InChI=1S/C14H25N3O3/c1-2-5-11(13(18)19)16-14(20)15-10-7-9-17-8-4-3-6-12(10)17/h10-12H,2-9H2,1H3,(H,18,19)(H2,15,16,20)/t10?,11-,12?/m0/s1. The lowest BCUT2D eigenvalue weighted by molar-refractivity contribution is -0.139. The minimum atomic E-state index is -0.965. The fourth-order valence-corrected chi connectivity index (χ4v) is 3.33. The SMILES string of the molecule is CCC[C@H](NC(=O)NC1CCN2CCCCC12)C(=O)O. The number of nitrogens with one attached hydrogen (secondary N) is 2. The van der Waals surface area contributed by atoms with Crippen molar-refractivity contribution in [1.29, 1.82) is 0 Å². The lowest BCUT2D eigenvalue weighted by atomic mass is 9.99. The third-order valence-electron chi connectivity index (χ3n) is 4.35. The molecule has 3 N–H and O–H groups in total. The van der Waals surface area contributed by atoms with E-state index in [-0.39, 0.29) is 12.1 Å². The van der Waals surface area contributed by atoms with E-state index in [9.17, 15) is 9.59 Å². The van der Waals surface area contributed by atoms with Crippen molar-refractivity contribution in [3.8, 4) is 0 Å². The predicted octanol–water partition coefficient (Wildman–Crippen LogP) is 1.17.